The van der Waals surface area contributed by atoms with Crippen LogP contribution in [0.15, 0.2) is 41.4 Å². The molecule has 1 amide bonds. The van der Waals surface area contributed by atoms with Gasteiger partial charge in [0.05, 0.1) is 10.9 Å². The molecule has 0 saturated carbocycles. The molecule has 0 N–H and O–H groups in total. The van der Waals surface area contributed by atoms with Gasteiger partial charge in [-0.3, -0.25) is 4.79 Å². The number of nitrogens with zero attached hydrogens (tertiary/aromatic N) is 3. The molecule has 1 aromatic heterocycles. The first-order valence-corrected chi connectivity index (χ1v) is 8.79. The quantitative estimate of drug-likeness (QED) is 0.597. The van der Waals surface area contributed by atoms with Crippen molar-refractivity contribution in [3.05, 3.63) is 42.2 Å². The number of benzene rings is 1. The maximum absolute atomic E-state index is 12.4. The van der Waals surface area contributed by atoms with E-state index in [0.29, 0.717) is 0 Å². The lowest BCUT2D eigenvalue weighted by Gasteiger charge is -2.22. The molecule has 1 aromatic carbocycles. The van der Waals surface area contributed by atoms with E-state index >= 15 is 0 Å². The molecule has 1 atom stereocenters. The Morgan fingerprint density at radius 1 is 1.17 bits per heavy atom. The number of aromatic nitrogens is 2. The van der Waals surface area contributed by atoms with Gasteiger partial charge in [0.15, 0.2) is 0 Å². The van der Waals surface area contributed by atoms with Gasteiger partial charge in [-0.2, -0.15) is 0 Å². The second kappa shape index (κ2) is 8.11. The number of hydrogen-bond donors (Lipinski definition) is 0. The van der Waals surface area contributed by atoms with Crippen molar-refractivity contribution >= 4 is 17.7 Å². The maximum Gasteiger partial charge on any atom is 0.235 e. The average Bonchev–Trinajstić information content (AvgIpc) is 2.56. The Labute approximate surface area is 142 Å². The average molecular weight is 329 g/mol. The topological polar surface area (TPSA) is 46.1 Å². The molecular formula is C18H23N3OS. The molecule has 0 aliphatic carbocycles. The molecule has 0 aliphatic heterocycles. The number of amides is 1. The third-order valence-corrected chi connectivity index (χ3v) is 4.61. The molecule has 2 rings (SSSR count). The Hall–Kier alpha value is -1.88. The summed E-state index contributed by atoms with van der Waals surface area (Å²) >= 11 is 1.49. The fourth-order valence-electron chi connectivity index (χ4n) is 2.38. The van der Waals surface area contributed by atoms with Gasteiger partial charge in [0.1, 0.15) is 10.9 Å². The number of carbonyl (C=O) groups excluding carboxylic acids is 1. The standard InChI is InChI=1S/C18H23N3OS/c1-5-21(6-2)18(22)13(3)23-17-12-16(19-14(4)20-17)15-10-8-7-9-11-15/h7-13H,5-6H2,1-4H3. The van der Waals surface area contributed by atoms with Crippen molar-refractivity contribution < 1.29 is 4.79 Å². The van der Waals surface area contributed by atoms with Crippen molar-refractivity contribution in [2.75, 3.05) is 13.1 Å². The Balaban J connectivity index is 2.20. The number of aryl methyl sites for hydroxylation is 1. The Morgan fingerprint density at radius 3 is 2.43 bits per heavy atom. The minimum absolute atomic E-state index is 0.150. The number of hydrogen-bond acceptors (Lipinski definition) is 4. The molecule has 0 spiro atoms. The molecule has 0 saturated heterocycles. The van der Waals surface area contributed by atoms with Crippen LogP contribution in [0.2, 0.25) is 0 Å². The first-order valence-electron chi connectivity index (χ1n) is 7.91. The SMILES string of the molecule is CCN(CC)C(=O)C(C)Sc1cc(-c2ccccc2)nc(C)n1. The fraction of sp³-hybridized carbons (Fsp3) is 0.389. The third kappa shape index (κ3) is 4.55. The molecule has 1 unspecified atom stereocenters. The Kier molecular flexibility index (Phi) is 6.16. The zero-order valence-electron chi connectivity index (χ0n) is 14.1. The number of rotatable bonds is 6. The number of carbonyl (C=O) groups is 1. The van der Waals surface area contributed by atoms with Gasteiger partial charge in [-0.25, -0.2) is 9.97 Å². The maximum atomic E-state index is 12.4. The van der Waals surface area contributed by atoms with Crippen LogP contribution in [0.1, 0.15) is 26.6 Å². The van der Waals surface area contributed by atoms with Crippen LogP contribution in [0.4, 0.5) is 0 Å². The van der Waals surface area contributed by atoms with Crippen molar-refractivity contribution in [1.29, 1.82) is 0 Å². The largest absolute Gasteiger partial charge is 0.342 e. The minimum Gasteiger partial charge on any atom is -0.342 e. The van der Waals surface area contributed by atoms with Crippen molar-refractivity contribution in [2.45, 2.75) is 38.0 Å². The molecule has 0 aliphatic rings. The van der Waals surface area contributed by atoms with Crippen molar-refractivity contribution in [2.24, 2.45) is 0 Å². The van der Waals surface area contributed by atoms with Gasteiger partial charge in [-0.1, -0.05) is 42.1 Å². The van der Waals surface area contributed by atoms with Gasteiger partial charge in [-0.05, 0) is 33.8 Å². The van der Waals surface area contributed by atoms with Gasteiger partial charge >= 0.3 is 0 Å². The number of thioether (sulfide) groups is 1. The molecule has 0 radical (unpaired) electrons. The summed E-state index contributed by atoms with van der Waals surface area (Å²) in [6.45, 7) is 9.29. The summed E-state index contributed by atoms with van der Waals surface area (Å²) in [6.07, 6.45) is 0. The van der Waals surface area contributed by atoms with E-state index in [2.05, 4.69) is 9.97 Å². The van der Waals surface area contributed by atoms with Crippen LogP contribution in [-0.4, -0.2) is 39.1 Å². The second-order valence-electron chi connectivity index (χ2n) is 5.28. The summed E-state index contributed by atoms with van der Waals surface area (Å²) < 4.78 is 0. The van der Waals surface area contributed by atoms with Crippen LogP contribution in [0.5, 0.6) is 0 Å². The molecule has 0 bridgehead atoms. The van der Waals surface area contributed by atoms with Crippen LogP contribution in [0, 0.1) is 6.92 Å². The molecule has 122 valence electrons. The van der Waals surface area contributed by atoms with Crippen molar-refractivity contribution in [3.63, 3.8) is 0 Å². The van der Waals surface area contributed by atoms with Gasteiger partial charge in [0.25, 0.3) is 0 Å². The van der Waals surface area contributed by atoms with Crippen LogP contribution in [0.25, 0.3) is 11.3 Å². The van der Waals surface area contributed by atoms with E-state index < -0.39 is 0 Å². The van der Waals surface area contributed by atoms with Crippen LogP contribution >= 0.6 is 11.8 Å². The van der Waals surface area contributed by atoms with Crippen LogP contribution in [0.3, 0.4) is 0 Å². The first kappa shape index (κ1) is 17.5. The normalized spacial score (nSPS) is 12.0. The van der Waals surface area contributed by atoms with Gasteiger partial charge in [0.2, 0.25) is 5.91 Å². The molecule has 1 heterocycles. The predicted octanol–water partition coefficient (Wildman–Crippen LogP) is 3.80. The fourth-order valence-corrected chi connectivity index (χ4v) is 3.36. The smallest absolute Gasteiger partial charge is 0.235 e. The van der Waals surface area contributed by atoms with Gasteiger partial charge < -0.3 is 4.90 Å². The van der Waals surface area contributed by atoms with E-state index in [9.17, 15) is 4.79 Å². The highest BCUT2D eigenvalue weighted by molar-refractivity contribution is 8.00. The minimum atomic E-state index is -0.159. The zero-order valence-corrected chi connectivity index (χ0v) is 14.9. The Morgan fingerprint density at radius 2 is 1.83 bits per heavy atom. The van der Waals surface area contributed by atoms with Crippen molar-refractivity contribution in [3.8, 4) is 11.3 Å². The monoisotopic (exact) mass is 329 g/mol. The molecule has 5 heteroatoms. The zero-order chi connectivity index (χ0) is 16.8. The van der Waals surface area contributed by atoms with E-state index in [-0.39, 0.29) is 11.2 Å². The lowest BCUT2D eigenvalue weighted by Crippen LogP contribution is -2.36. The molecular weight excluding hydrogens is 306 g/mol. The highest BCUT2D eigenvalue weighted by Gasteiger charge is 2.20. The Bertz CT molecular complexity index is 657. The summed E-state index contributed by atoms with van der Waals surface area (Å²) in [5.41, 5.74) is 1.95. The van der Waals surface area contributed by atoms with Gasteiger partial charge in [0, 0.05) is 18.7 Å². The lowest BCUT2D eigenvalue weighted by molar-refractivity contribution is -0.129. The first-order chi connectivity index (χ1) is 11.0. The van der Waals surface area contributed by atoms with E-state index in [1.54, 1.807) is 0 Å². The van der Waals surface area contributed by atoms with Gasteiger partial charge in [-0.15, -0.1) is 0 Å². The second-order valence-corrected chi connectivity index (χ2v) is 6.64. The third-order valence-electron chi connectivity index (χ3n) is 3.60. The highest BCUT2D eigenvalue weighted by Crippen LogP contribution is 2.26. The van der Waals surface area contributed by atoms with Crippen LogP contribution < -0.4 is 0 Å². The summed E-state index contributed by atoms with van der Waals surface area (Å²) in [5, 5.41) is 0.678. The van der Waals surface area contributed by atoms with Crippen LogP contribution in [-0.2, 0) is 4.79 Å². The summed E-state index contributed by atoms with van der Waals surface area (Å²) in [6, 6.07) is 12.0. The summed E-state index contributed by atoms with van der Waals surface area (Å²) in [4.78, 5) is 23.2. The summed E-state index contributed by atoms with van der Waals surface area (Å²) in [7, 11) is 0. The summed E-state index contributed by atoms with van der Waals surface area (Å²) in [5.74, 6) is 0.869. The lowest BCUT2D eigenvalue weighted by atomic mass is 10.1. The van der Waals surface area contributed by atoms with Crippen molar-refractivity contribution in [1.82, 2.24) is 14.9 Å². The molecule has 2 aromatic rings. The van der Waals surface area contributed by atoms with E-state index in [1.807, 2.05) is 69.0 Å². The van der Waals surface area contributed by atoms with E-state index in [0.717, 1.165) is 35.2 Å². The predicted molar refractivity (Wildman–Crippen MR) is 95.5 cm³/mol. The highest BCUT2D eigenvalue weighted by atomic mass is 32.2. The van der Waals surface area contributed by atoms with E-state index in [1.165, 1.54) is 11.8 Å². The molecule has 0 fully saturated rings. The molecule has 23 heavy (non-hydrogen) atoms. The molecule has 4 nitrogen and oxygen atoms in total. The van der Waals surface area contributed by atoms with E-state index in [4.69, 9.17) is 0 Å².